The summed E-state index contributed by atoms with van der Waals surface area (Å²) in [7, 11) is 0. The highest BCUT2D eigenvalue weighted by Gasteiger charge is 2.11. The van der Waals surface area contributed by atoms with Crippen molar-refractivity contribution in [2.24, 2.45) is 17.8 Å². The number of halogens is 1. The molecule has 1 rings (SSSR count). The number of hydrogen-bond donors (Lipinski definition) is 1. The fraction of sp³-hybridized carbons (Fsp3) is 0.667. The maximum Gasteiger partial charge on any atom is 0.119 e. The van der Waals surface area contributed by atoms with Crippen LogP contribution in [-0.2, 0) is 0 Å². The van der Waals surface area contributed by atoms with Gasteiger partial charge in [-0.25, -0.2) is 0 Å². The highest BCUT2D eigenvalue weighted by atomic mass is 79.9. The van der Waals surface area contributed by atoms with Crippen molar-refractivity contribution in [1.29, 1.82) is 0 Å². The summed E-state index contributed by atoms with van der Waals surface area (Å²) in [5.74, 6) is 3.10. The van der Waals surface area contributed by atoms with Crippen LogP contribution in [0.3, 0.4) is 0 Å². The predicted octanol–water partition coefficient (Wildman–Crippen LogP) is 5.13. The van der Waals surface area contributed by atoms with Gasteiger partial charge in [0.05, 0.1) is 6.61 Å². The zero-order chi connectivity index (χ0) is 15.7. The molecule has 0 spiro atoms. The van der Waals surface area contributed by atoms with Gasteiger partial charge in [0, 0.05) is 4.47 Å². The van der Waals surface area contributed by atoms with E-state index in [0.717, 1.165) is 42.3 Å². The summed E-state index contributed by atoms with van der Waals surface area (Å²) < 4.78 is 6.94. The Labute approximate surface area is 138 Å². The first kappa shape index (κ1) is 18.5. The molecule has 3 heteroatoms. The van der Waals surface area contributed by atoms with Crippen molar-refractivity contribution in [2.45, 2.75) is 40.5 Å². The van der Waals surface area contributed by atoms with Crippen LogP contribution in [0.5, 0.6) is 5.75 Å². The van der Waals surface area contributed by atoms with Gasteiger partial charge >= 0.3 is 0 Å². The maximum atomic E-state index is 5.85. The van der Waals surface area contributed by atoms with Crippen molar-refractivity contribution in [2.75, 3.05) is 19.7 Å². The molecule has 0 bridgehead atoms. The minimum Gasteiger partial charge on any atom is -0.494 e. The lowest BCUT2D eigenvalue weighted by molar-refractivity contribution is 0.256. The highest BCUT2D eigenvalue weighted by molar-refractivity contribution is 9.10. The number of rotatable bonds is 10. The summed E-state index contributed by atoms with van der Waals surface area (Å²) in [6.45, 7) is 12.1. The quantitative estimate of drug-likeness (QED) is 0.628. The van der Waals surface area contributed by atoms with Crippen LogP contribution < -0.4 is 10.1 Å². The third-order valence-corrected chi connectivity index (χ3v) is 3.93. The predicted molar refractivity (Wildman–Crippen MR) is 94.9 cm³/mol. The van der Waals surface area contributed by atoms with Gasteiger partial charge in [0.25, 0.3) is 0 Å². The molecule has 0 saturated carbocycles. The van der Waals surface area contributed by atoms with Crippen LogP contribution in [0.2, 0.25) is 0 Å². The van der Waals surface area contributed by atoms with E-state index in [1.54, 1.807) is 0 Å². The molecule has 1 atom stereocenters. The Morgan fingerprint density at radius 3 is 2.24 bits per heavy atom. The molecule has 0 heterocycles. The average molecular weight is 356 g/mol. The molecule has 1 aromatic carbocycles. The molecule has 0 radical (unpaired) electrons. The smallest absolute Gasteiger partial charge is 0.119 e. The molecule has 0 aliphatic rings. The molecular weight excluding hydrogens is 326 g/mol. The molecule has 0 aromatic heterocycles. The fourth-order valence-electron chi connectivity index (χ4n) is 2.42. The largest absolute Gasteiger partial charge is 0.494 e. The van der Waals surface area contributed by atoms with Crippen molar-refractivity contribution >= 4 is 15.9 Å². The molecule has 2 nitrogen and oxygen atoms in total. The second-order valence-corrected chi connectivity index (χ2v) is 7.55. The minimum absolute atomic E-state index is 0.694. The Kier molecular flexibility index (Phi) is 9.02. The molecule has 21 heavy (non-hydrogen) atoms. The van der Waals surface area contributed by atoms with E-state index in [0.29, 0.717) is 11.8 Å². The van der Waals surface area contributed by atoms with Crippen molar-refractivity contribution < 1.29 is 4.74 Å². The topological polar surface area (TPSA) is 21.3 Å². The summed E-state index contributed by atoms with van der Waals surface area (Å²) in [5, 5.41) is 3.58. The first-order valence-corrected chi connectivity index (χ1v) is 8.85. The Bertz CT molecular complexity index is 375. The van der Waals surface area contributed by atoms with E-state index in [2.05, 4.69) is 48.9 Å². The van der Waals surface area contributed by atoms with Gasteiger partial charge in [0.1, 0.15) is 5.75 Å². The number of hydrogen-bond acceptors (Lipinski definition) is 2. The monoisotopic (exact) mass is 355 g/mol. The van der Waals surface area contributed by atoms with E-state index in [-0.39, 0.29) is 0 Å². The Morgan fingerprint density at radius 2 is 1.67 bits per heavy atom. The van der Waals surface area contributed by atoms with Gasteiger partial charge in [0.2, 0.25) is 0 Å². The van der Waals surface area contributed by atoms with Crippen molar-refractivity contribution in [1.82, 2.24) is 5.32 Å². The molecule has 0 fully saturated rings. The van der Waals surface area contributed by atoms with Gasteiger partial charge in [-0.3, -0.25) is 0 Å². The van der Waals surface area contributed by atoms with Crippen LogP contribution in [0.4, 0.5) is 0 Å². The van der Waals surface area contributed by atoms with E-state index in [1.807, 2.05) is 24.3 Å². The molecule has 1 unspecified atom stereocenters. The van der Waals surface area contributed by atoms with Crippen LogP contribution in [0.1, 0.15) is 40.5 Å². The van der Waals surface area contributed by atoms with Gasteiger partial charge in [0.15, 0.2) is 0 Å². The summed E-state index contributed by atoms with van der Waals surface area (Å²) in [6, 6.07) is 8.06. The van der Waals surface area contributed by atoms with Crippen LogP contribution in [0.25, 0.3) is 0 Å². The summed E-state index contributed by atoms with van der Waals surface area (Å²) >= 11 is 3.44. The molecule has 1 aromatic rings. The van der Waals surface area contributed by atoms with E-state index >= 15 is 0 Å². The molecule has 1 N–H and O–H groups in total. The van der Waals surface area contributed by atoms with Crippen LogP contribution in [0, 0.1) is 17.8 Å². The number of ether oxygens (including phenoxy) is 1. The zero-order valence-corrected chi connectivity index (χ0v) is 15.4. The maximum absolute atomic E-state index is 5.85. The normalized spacial score (nSPS) is 12.9. The van der Waals surface area contributed by atoms with Crippen molar-refractivity contribution in [3.8, 4) is 5.75 Å². The Balaban J connectivity index is 2.32. The second kappa shape index (κ2) is 10.2. The van der Waals surface area contributed by atoms with Crippen molar-refractivity contribution in [3.63, 3.8) is 0 Å². The summed E-state index contributed by atoms with van der Waals surface area (Å²) in [5.41, 5.74) is 0. The van der Waals surface area contributed by atoms with Gasteiger partial charge in [-0.15, -0.1) is 0 Å². The van der Waals surface area contributed by atoms with E-state index < -0.39 is 0 Å². The number of nitrogens with one attached hydrogen (secondary N) is 1. The molecular formula is C18H30BrNO. The Morgan fingerprint density at radius 1 is 1.00 bits per heavy atom. The molecule has 120 valence electrons. The lowest BCUT2D eigenvalue weighted by Gasteiger charge is -2.20. The van der Waals surface area contributed by atoms with E-state index in [9.17, 15) is 0 Å². The third-order valence-electron chi connectivity index (χ3n) is 3.40. The lowest BCUT2D eigenvalue weighted by atomic mass is 9.94. The summed E-state index contributed by atoms with van der Waals surface area (Å²) in [4.78, 5) is 0. The van der Waals surface area contributed by atoms with E-state index in [4.69, 9.17) is 4.74 Å². The van der Waals surface area contributed by atoms with Gasteiger partial charge in [-0.2, -0.15) is 0 Å². The highest BCUT2D eigenvalue weighted by Crippen LogP contribution is 2.18. The standard InChI is InChI=1S/C18H30BrNO/c1-14(2)11-16(13-20-12-15(3)4)9-10-21-18-7-5-17(19)6-8-18/h5-8,14-16,20H,9-13H2,1-4H3. The van der Waals surface area contributed by atoms with Crippen LogP contribution in [-0.4, -0.2) is 19.7 Å². The molecule has 0 aliphatic heterocycles. The summed E-state index contributed by atoms with van der Waals surface area (Å²) in [6.07, 6.45) is 2.37. The van der Waals surface area contributed by atoms with Gasteiger partial charge in [-0.05, 0) is 68.0 Å². The van der Waals surface area contributed by atoms with Crippen LogP contribution in [0.15, 0.2) is 28.7 Å². The Hall–Kier alpha value is -0.540. The zero-order valence-electron chi connectivity index (χ0n) is 13.9. The first-order valence-electron chi connectivity index (χ1n) is 8.06. The minimum atomic E-state index is 0.694. The van der Waals surface area contributed by atoms with E-state index in [1.165, 1.54) is 6.42 Å². The molecule has 0 amide bonds. The van der Waals surface area contributed by atoms with Crippen LogP contribution >= 0.6 is 15.9 Å². The third kappa shape index (κ3) is 9.15. The fourth-order valence-corrected chi connectivity index (χ4v) is 2.68. The van der Waals surface area contributed by atoms with Gasteiger partial charge < -0.3 is 10.1 Å². The lowest BCUT2D eigenvalue weighted by Crippen LogP contribution is -2.28. The second-order valence-electron chi connectivity index (χ2n) is 6.64. The average Bonchev–Trinajstić information content (AvgIpc) is 2.39. The number of benzene rings is 1. The molecule has 0 saturated heterocycles. The van der Waals surface area contributed by atoms with Gasteiger partial charge in [-0.1, -0.05) is 43.6 Å². The first-order chi connectivity index (χ1) is 9.97. The molecule has 0 aliphatic carbocycles. The SMILES string of the molecule is CC(C)CNCC(CCOc1ccc(Br)cc1)CC(C)C. The van der Waals surface area contributed by atoms with Crippen molar-refractivity contribution in [3.05, 3.63) is 28.7 Å².